The summed E-state index contributed by atoms with van der Waals surface area (Å²) in [4.78, 5) is 12.7. The van der Waals surface area contributed by atoms with Crippen molar-refractivity contribution in [2.24, 2.45) is 0 Å². The normalized spacial score (nSPS) is 10.4. The van der Waals surface area contributed by atoms with Gasteiger partial charge in [0.15, 0.2) is 5.78 Å². The number of carbonyl (C=O) groups is 1. The predicted octanol–water partition coefficient (Wildman–Crippen LogP) is 3.98. The molecule has 2 aromatic rings. The number of benzene rings is 1. The molecule has 16 heavy (non-hydrogen) atoms. The highest BCUT2D eigenvalue weighted by atomic mass is 35.5. The molecule has 0 unspecified atom stereocenters. The number of phenols is 1. The number of carbonyl (C=O) groups excluding carboxylic acids is 1. The number of halogens is 1. The summed E-state index contributed by atoms with van der Waals surface area (Å²) >= 11 is 7.21. The molecule has 0 amide bonds. The average molecular weight is 253 g/mol. The van der Waals surface area contributed by atoms with Gasteiger partial charge in [0.25, 0.3) is 0 Å². The number of rotatable bonds is 2. The van der Waals surface area contributed by atoms with E-state index in [-0.39, 0.29) is 11.5 Å². The van der Waals surface area contributed by atoms with Crippen LogP contribution in [0.15, 0.2) is 30.3 Å². The van der Waals surface area contributed by atoms with E-state index in [9.17, 15) is 9.90 Å². The van der Waals surface area contributed by atoms with Crippen molar-refractivity contribution in [1.29, 1.82) is 0 Å². The molecular formula is C12H9ClO2S. The van der Waals surface area contributed by atoms with Gasteiger partial charge >= 0.3 is 0 Å². The standard InChI is InChI=1S/C12H9ClO2S/c1-7(14)11-4-5-12(16-11)9-6-8(13)2-3-10(9)15/h2-6,15H,1H3. The van der Waals surface area contributed by atoms with Gasteiger partial charge < -0.3 is 5.11 Å². The van der Waals surface area contributed by atoms with Crippen molar-refractivity contribution in [3.63, 3.8) is 0 Å². The van der Waals surface area contributed by atoms with Crippen LogP contribution in [0.2, 0.25) is 5.02 Å². The van der Waals surface area contributed by atoms with Gasteiger partial charge in [-0.1, -0.05) is 11.6 Å². The lowest BCUT2D eigenvalue weighted by Gasteiger charge is -2.01. The van der Waals surface area contributed by atoms with Gasteiger partial charge in [-0.15, -0.1) is 11.3 Å². The van der Waals surface area contributed by atoms with Gasteiger partial charge in [-0.05, 0) is 37.3 Å². The summed E-state index contributed by atoms with van der Waals surface area (Å²) in [6, 6.07) is 8.42. The summed E-state index contributed by atoms with van der Waals surface area (Å²) in [5, 5.41) is 10.3. The van der Waals surface area contributed by atoms with Crippen LogP contribution in [-0.2, 0) is 0 Å². The summed E-state index contributed by atoms with van der Waals surface area (Å²) < 4.78 is 0. The highest BCUT2D eigenvalue weighted by molar-refractivity contribution is 7.17. The van der Waals surface area contributed by atoms with Gasteiger partial charge in [0.1, 0.15) is 5.75 Å². The van der Waals surface area contributed by atoms with E-state index in [1.165, 1.54) is 18.3 Å². The van der Waals surface area contributed by atoms with Crippen molar-refractivity contribution in [3.8, 4) is 16.2 Å². The fourth-order valence-electron chi connectivity index (χ4n) is 1.38. The highest BCUT2D eigenvalue weighted by Crippen LogP contribution is 2.36. The molecule has 0 saturated heterocycles. The minimum absolute atomic E-state index is 0.0257. The lowest BCUT2D eigenvalue weighted by atomic mass is 10.1. The molecule has 1 aromatic heterocycles. The van der Waals surface area contributed by atoms with Crippen molar-refractivity contribution in [3.05, 3.63) is 40.2 Å². The quantitative estimate of drug-likeness (QED) is 0.821. The van der Waals surface area contributed by atoms with E-state index in [0.29, 0.717) is 15.5 Å². The van der Waals surface area contributed by atoms with Gasteiger partial charge in [0.05, 0.1) is 4.88 Å². The number of thiophene rings is 1. The number of hydrogen-bond donors (Lipinski definition) is 1. The fraction of sp³-hybridized carbons (Fsp3) is 0.0833. The van der Waals surface area contributed by atoms with Crippen LogP contribution in [0.5, 0.6) is 5.75 Å². The van der Waals surface area contributed by atoms with Crippen LogP contribution in [0.4, 0.5) is 0 Å². The predicted molar refractivity (Wildman–Crippen MR) is 66.4 cm³/mol. The minimum atomic E-state index is 0.0257. The van der Waals surface area contributed by atoms with E-state index in [4.69, 9.17) is 11.6 Å². The molecule has 0 bridgehead atoms. The Kier molecular flexibility index (Phi) is 2.99. The average Bonchev–Trinajstić information content (AvgIpc) is 2.70. The molecule has 0 aliphatic heterocycles. The third-order valence-electron chi connectivity index (χ3n) is 2.18. The molecule has 0 aliphatic carbocycles. The lowest BCUT2D eigenvalue weighted by molar-refractivity contribution is 0.102. The Hall–Kier alpha value is -1.32. The van der Waals surface area contributed by atoms with Gasteiger partial charge in [0, 0.05) is 15.5 Å². The van der Waals surface area contributed by atoms with E-state index in [1.54, 1.807) is 24.3 Å². The zero-order chi connectivity index (χ0) is 11.7. The first-order chi connectivity index (χ1) is 7.58. The molecule has 0 aliphatic rings. The zero-order valence-electron chi connectivity index (χ0n) is 8.53. The molecular weight excluding hydrogens is 244 g/mol. The van der Waals surface area contributed by atoms with Crippen LogP contribution in [0.3, 0.4) is 0 Å². The molecule has 2 rings (SSSR count). The minimum Gasteiger partial charge on any atom is -0.507 e. The Balaban J connectivity index is 2.50. The summed E-state index contributed by atoms with van der Waals surface area (Å²) in [6.07, 6.45) is 0. The van der Waals surface area contributed by atoms with Gasteiger partial charge in [-0.25, -0.2) is 0 Å². The van der Waals surface area contributed by atoms with E-state index in [0.717, 1.165) is 4.88 Å². The highest BCUT2D eigenvalue weighted by Gasteiger charge is 2.10. The second-order valence-electron chi connectivity index (χ2n) is 3.38. The Morgan fingerprint density at radius 1 is 1.31 bits per heavy atom. The van der Waals surface area contributed by atoms with Crippen LogP contribution in [-0.4, -0.2) is 10.9 Å². The van der Waals surface area contributed by atoms with Crippen molar-refractivity contribution >= 4 is 28.7 Å². The van der Waals surface area contributed by atoms with Crippen LogP contribution in [0, 0.1) is 0 Å². The molecule has 1 N–H and O–H groups in total. The maximum atomic E-state index is 11.2. The summed E-state index contributed by atoms with van der Waals surface area (Å²) in [7, 11) is 0. The van der Waals surface area contributed by atoms with E-state index in [2.05, 4.69) is 0 Å². The first-order valence-corrected chi connectivity index (χ1v) is 5.87. The molecule has 4 heteroatoms. The zero-order valence-corrected chi connectivity index (χ0v) is 10.1. The van der Waals surface area contributed by atoms with Gasteiger partial charge in [0.2, 0.25) is 0 Å². The number of aromatic hydroxyl groups is 1. The SMILES string of the molecule is CC(=O)c1ccc(-c2cc(Cl)ccc2O)s1. The van der Waals surface area contributed by atoms with Crippen LogP contribution in [0.25, 0.3) is 10.4 Å². The Labute approximate surface area is 102 Å². The molecule has 2 nitrogen and oxygen atoms in total. The van der Waals surface area contributed by atoms with Crippen molar-refractivity contribution in [2.45, 2.75) is 6.92 Å². The van der Waals surface area contributed by atoms with E-state index in [1.807, 2.05) is 6.07 Å². The van der Waals surface area contributed by atoms with E-state index >= 15 is 0 Å². The maximum Gasteiger partial charge on any atom is 0.169 e. The Bertz CT molecular complexity index is 546. The lowest BCUT2D eigenvalue weighted by Crippen LogP contribution is -1.83. The first kappa shape index (κ1) is 11.2. The summed E-state index contributed by atoms with van der Waals surface area (Å²) in [6.45, 7) is 1.52. The molecule has 1 aromatic carbocycles. The Morgan fingerprint density at radius 2 is 2.06 bits per heavy atom. The van der Waals surface area contributed by atoms with Crippen molar-refractivity contribution in [2.75, 3.05) is 0 Å². The van der Waals surface area contributed by atoms with Crippen LogP contribution < -0.4 is 0 Å². The smallest absolute Gasteiger partial charge is 0.169 e. The van der Waals surface area contributed by atoms with Crippen molar-refractivity contribution < 1.29 is 9.90 Å². The third-order valence-corrected chi connectivity index (χ3v) is 3.63. The number of ketones is 1. The van der Waals surface area contributed by atoms with Crippen LogP contribution >= 0.6 is 22.9 Å². The second kappa shape index (κ2) is 4.28. The topological polar surface area (TPSA) is 37.3 Å². The molecule has 0 radical (unpaired) electrons. The summed E-state index contributed by atoms with van der Waals surface area (Å²) in [5.74, 6) is 0.194. The van der Waals surface area contributed by atoms with Crippen molar-refractivity contribution in [1.82, 2.24) is 0 Å². The number of Topliss-reactive ketones (excluding diaryl/α,β-unsaturated/α-hetero) is 1. The molecule has 0 fully saturated rings. The molecule has 0 spiro atoms. The molecule has 1 heterocycles. The molecule has 0 saturated carbocycles. The summed E-state index contributed by atoms with van der Waals surface area (Å²) in [5.41, 5.74) is 0.657. The number of phenolic OH excluding ortho intramolecular Hbond substituents is 1. The Morgan fingerprint density at radius 3 is 2.69 bits per heavy atom. The molecule has 82 valence electrons. The maximum absolute atomic E-state index is 11.2. The largest absolute Gasteiger partial charge is 0.507 e. The number of hydrogen-bond acceptors (Lipinski definition) is 3. The second-order valence-corrected chi connectivity index (χ2v) is 4.90. The first-order valence-electron chi connectivity index (χ1n) is 4.67. The van der Waals surface area contributed by atoms with Gasteiger partial charge in [-0.3, -0.25) is 4.79 Å². The monoisotopic (exact) mass is 252 g/mol. The third kappa shape index (κ3) is 2.10. The van der Waals surface area contributed by atoms with Crippen LogP contribution in [0.1, 0.15) is 16.6 Å². The fourth-order valence-corrected chi connectivity index (χ4v) is 2.48. The molecule has 0 atom stereocenters. The van der Waals surface area contributed by atoms with Gasteiger partial charge in [-0.2, -0.15) is 0 Å². The van der Waals surface area contributed by atoms with E-state index < -0.39 is 0 Å².